The summed E-state index contributed by atoms with van der Waals surface area (Å²) in [5.41, 5.74) is 3.40. The summed E-state index contributed by atoms with van der Waals surface area (Å²) < 4.78 is 5.37. The molecule has 0 spiro atoms. The molecule has 1 unspecified atom stereocenters. The Hall–Kier alpha value is -2.21. The lowest BCUT2D eigenvalue weighted by Crippen LogP contribution is -2.25. The predicted octanol–water partition coefficient (Wildman–Crippen LogP) is 1.55. The van der Waals surface area contributed by atoms with Crippen molar-refractivity contribution in [1.82, 2.24) is 20.5 Å². The fourth-order valence-electron chi connectivity index (χ4n) is 2.51. The number of H-pyrrole nitrogens is 1. The maximum atomic E-state index is 12.3. The quantitative estimate of drug-likeness (QED) is 0.893. The Bertz CT molecular complexity index is 632. The van der Waals surface area contributed by atoms with Gasteiger partial charge in [-0.3, -0.25) is 14.9 Å². The molecular weight excluding hydrogens is 268 g/mol. The third-order valence-corrected chi connectivity index (χ3v) is 3.79. The van der Waals surface area contributed by atoms with E-state index >= 15 is 0 Å². The number of aryl methyl sites for hydroxylation is 1. The van der Waals surface area contributed by atoms with Crippen molar-refractivity contribution < 1.29 is 9.53 Å². The number of pyridine rings is 1. The molecule has 2 N–H and O–H groups in total. The fraction of sp³-hybridized carbons (Fsp3) is 0.400. The van der Waals surface area contributed by atoms with E-state index in [0.717, 1.165) is 30.0 Å². The van der Waals surface area contributed by atoms with E-state index in [1.165, 1.54) is 0 Å². The Morgan fingerprint density at radius 3 is 3.24 bits per heavy atom. The Labute approximate surface area is 122 Å². The molecule has 2 aromatic rings. The normalized spacial score (nSPS) is 17.9. The van der Waals surface area contributed by atoms with Gasteiger partial charge in [-0.2, -0.15) is 5.10 Å². The molecule has 6 heteroatoms. The second-order valence-electron chi connectivity index (χ2n) is 5.21. The summed E-state index contributed by atoms with van der Waals surface area (Å²) >= 11 is 0. The monoisotopic (exact) mass is 286 g/mol. The van der Waals surface area contributed by atoms with Crippen molar-refractivity contribution in [2.24, 2.45) is 0 Å². The van der Waals surface area contributed by atoms with Crippen molar-refractivity contribution in [3.8, 4) is 0 Å². The van der Waals surface area contributed by atoms with Gasteiger partial charge in [0.25, 0.3) is 5.91 Å². The molecule has 0 radical (unpaired) electrons. The molecule has 0 aliphatic carbocycles. The lowest BCUT2D eigenvalue weighted by atomic mass is 10.0. The van der Waals surface area contributed by atoms with Crippen molar-refractivity contribution in [2.45, 2.75) is 25.8 Å². The number of carbonyl (C=O) groups excluding carboxylic acids is 1. The number of aromatic nitrogens is 3. The van der Waals surface area contributed by atoms with Crippen LogP contribution in [0.4, 0.5) is 0 Å². The van der Waals surface area contributed by atoms with Crippen LogP contribution in [0.5, 0.6) is 0 Å². The van der Waals surface area contributed by atoms with Gasteiger partial charge in [-0.15, -0.1) is 0 Å². The van der Waals surface area contributed by atoms with Crippen LogP contribution >= 0.6 is 0 Å². The van der Waals surface area contributed by atoms with Crippen LogP contribution in [0.3, 0.4) is 0 Å². The van der Waals surface area contributed by atoms with Crippen molar-refractivity contribution in [3.05, 3.63) is 47.0 Å². The molecule has 0 saturated carbocycles. The van der Waals surface area contributed by atoms with Crippen LogP contribution in [0.15, 0.2) is 24.5 Å². The van der Waals surface area contributed by atoms with Gasteiger partial charge in [-0.05, 0) is 25.0 Å². The number of nitrogens with zero attached hydrogens (tertiary/aromatic N) is 2. The molecule has 6 nitrogen and oxygen atoms in total. The molecule has 1 fully saturated rings. The Morgan fingerprint density at radius 1 is 1.57 bits per heavy atom. The van der Waals surface area contributed by atoms with E-state index in [0.29, 0.717) is 18.7 Å². The minimum atomic E-state index is -0.129. The summed E-state index contributed by atoms with van der Waals surface area (Å²) in [6.45, 7) is 3.77. The molecular formula is C15H18N4O2. The Balaban J connectivity index is 1.69. The van der Waals surface area contributed by atoms with Gasteiger partial charge in [0.2, 0.25) is 0 Å². The van der Waals surface area contributed by atoms with Gasteiger partial charge in [-0.25, -0.2) is 0 Å². The second-order valence-corrected chi connectivity index (χ2v) is 5.21. The maximum absolute atomic E-state index is 12.3. The van der Waals surface area contributed by atoms with E-state index in [1.54, 1.807) is 12.4 Å². The molecule has 110 valence electrons. The number of hydrogen-bond donors (Lipinski definition) is 2. The zero-order valence-electron chi connectivity index (χ0n) is 11.9. The summed E-state index contributed by atoms with van der Waals surface area (Å²) in [5, 5.41) is 9.84. The maximum Gasteiger partial charge on any atom is 0.255 e. The largest absolute Gasteiger partial charge is 0.381 e. The molecule has 3 rings (SSSR count). The standard InChI is InChI=1S/C15H18N4O2/c1-10-3-2-5-16-13(10)8-17-15(20)12-7-18-19-14(12)11-4-6-21-9-11/h2-3,5,7,11H,4,6,8-9H2,1H3,(H,17,20)(H,18,19). The van der Waals surface area contributed by atoms with Crippen molar-refractivity contribution in [3.63, 3.8) is 0 Å². The first-order chi connectivity index (χ1) is 10.3. The smallest absolute Gasteiger partial charge is 0.255 e. The minimum absolute atomic E-state index is 0.129. The lowest BCUT2D eigenvalue weighted by molar-refractivity contribution is 0.0949. The molecule has 1 atom stereocenters. The number of ether oxygens (including phenoxy) is 1. The molecule has 0 aromatic carbocycles. The highest BCUT2D eigenvalue weighted by molar-refractivity contribution is 5.95. The number of amides is 1. The zero-order chi connectivity index (χ0) is 14.7. The van der Waals surface area contributed by atoms with Crippen LogP contribution in [0, 0.1) is 6.92 Å². The summed E-state index contributed by atoms with van der Waals surface area (Å²) in [6.07, 6.45) is 4.23. The van der Waals surface area contributed by atoms with Crippen LogP contribution < -0.4 is 5.32 Å². The predicted molar refractivity (Wildman–Crippen MR) is 76.9 cm³/mol. The second kappa shape index (κ2) is 6.05. The fourth-order valence-corrected chi connectivity index (χ4v) is 2.51. The number of carbonyl (C=O) groups is 1. The van der Waals surface area contributed by atoms with Crippen molar-refractivity contribution in [2.75, 3.05) is 13.2 Å². The topological polar surface area (TPSA) is 79.9 Å². The summed E-state index contributed by atoms with van der Waals surface area (Å²) in [7, 11) is 0. The highest BCUT2D eigenvalue weighted by Gasteiger charge is 2.25. The number of nitrogens with one attached hydrogen (secondary N) is 2. The number of aromatic amines is 1. The first-order valence-electron chi connectivity index (χ1n) is 7.05. The van der Waals surface area contributed by atoms with E-state index in [2.05, 4.69) is 20.5 Å². The third kappa shape index (κ3) is 2.95. The third-order valence-electron chi connectivity index (χ3n) is 3.79. The first kappa shape index (κ1) is 13.8. The van der Waals surface area contributed by atoms with Crippen LogP contribution in [0.25, 0.3) is 0 Å². The van der Waals surface area contributed by atoms with Crippen molar-refractivity contribution in [1.29, 1.82) is 0 Å². The molecule has 3 heterocycles. The Kier molecular flexibility index (Phi) is 3.96. The highest BCUT2D eigenvalue weighted by atomic mass is 16.5. The van der Waals surface area contributed by atoms with Crippen molar-refractivity contribution >= 4 is 5.91 Å². The molecule has 0 bridgehead atoms. The van der Waals surface area contributed by atoms with Crippen LogP contribution in [0.2, 0.25) is 0 Å². The Morgan fingerprint density at radius 2 is 2.48 bits per heavy atom. The van der Waals surface area contributed by atoms with Crippen LogP contribution in [0.1, 0.15) is 39.6 Å². The van der Waals surface area contributed by atoms with E-state index < -0.39 is 0 Å². The van der Waals surface area contributed by atoms with Gasteiger partial charge in [-0.1, -0.05) is 6.07 Å². The lowest BCUT2D eigenvalue weighted by Gasteiger charge is -2.09. The zero-order valence-corrected chi connectivity index (χ0v) is 11.9. The van der Waals surface area contributed by atoms with E-state index in [9.17, 15) is 4.79 Å². The van der Waals surface area contributed by atoms with Gasteiger partial charge >= 0.3 is 0 Å². The van der Waals surface area contributed by atoms with E-state index in [-0.39, 0.29) is 11.8 Å². The summed E-state index contributed by atoms with van der Waals surface area (Å²) in [6, 6.07) is 3.86. The van der Waals surface area contributed by atoms with Gasteiger partial charge in [0, 0.05) is 18.7 Å². The average molecular weight is 286 g/mol. The first-order valence-corrected chi connectivity index (χ1v) is 7.05. The summed E-state index contributed by atoms with van der Waals surface area (Å²) in [4.78, 5) is 16.6. The molecule has 1 aliphatic rings. The van der Waals surface area contributed by atoms with Gasteiger partial charge in [0.05, 0.1) is 36.3 Å². The molecule has 21 heavy (non-hydrogen) atoms. The number of rotatable bonds is 4. The van der Waals surface area contributed by atoms with Gasteiger partial charge in [0.1, 0.15) is 0 Å². The van der Waals surface area contributed by atoms with Gasteiger partial charge < -0.3 is 10.1 Å². The molecule has 2 aromatic heterocycles. The molecule has 1 amide bonds. The van der Waals surface area contributed by atoms with Crippen LogP contribution in [-0.2, 0) is 11.3 Å². The number of hydrogen-bond acceptors (Lipinski definition) is 4. The molecule has 1 aliphatic heterocycles. The molecule has 1 saturated heterocycles. The van der Waals surface area contributed by atoms with Crippen LogP contribution in [-0.4, -0.2) is 34.3 Å². The average Bonchev–Trinajstić information content (AvgIpc) is 3.16. The summed E-state index contributed by atoms with van der Waals surface area (Å²) in [5.74, 6) is 0.0977. The minimum Gasteiger partial charge on any atom is -0.381 e. The van der Waals surface area contributed by atoms with Gasteiger partial charge in [0.15, 0.2) is 0 Å². The van der Waals surface area contributed by atoms with E-state index in [1.807, 2.05) is 19.1 Å². The van der Waals surface area contributed by atoms with E-state index in [4.69, 9.17) is 4.74 Å². The highest BCUT2D eigenvalue weighted by Crippen LogP contribution is 2.26. The SMILES string of the molecule is Cc1cccnc1CNC(=O)c1cn[nH]c1C1CCOC1.